The molecule has 3 heterocycles. The highest BCUT2D eigenvalue weighted by Crippen LogP contribution is 2.40. The second-order valence-electron chi connectivity index (χ2n) is 8.16. The average molecular weight is 485 g/mol. The monoisotopic (exact) mass is 485 g/mol. The van der Waals surface area contributed by atoms with Crippen LogP contribution in [-0.4, -0.2) is 28.6 Å². The molecular formula is C26H19N3O7. The number of ether oxygens (including phenoxy) is 1. The van der Waals surface area contributed by atoms with Gasteiger partial charge in [-0.25, -0.2) is 4.98 Å². The minimum Gasteiger partial charge on any atom is -0.868 e. The molecule has 10 nitrogen and oxygen atoms in total. The van der Waals surface area contributed by atoms with Gasteiger partial charge in [-0.2, -0.15) is 0 Å². The van der Waals surface area contributed by atoms with E-state index in [0.29, 0.717) is 27.8 Å². The number of rotatable bonds is 7. The number of aromatic nitrogens is 1. The minimum atomic E-state index is -1.06. The van der Waals surface area contributed by atoms with Crippen molar-refractivity contribution in [2.45, 2.75) is 12.6 Å². The quantitative estimate of drug-likeness (QED) is 0.223. The Morgan fingerprint density at radius 1 is 1.17 bits per heavy atom. The number of nitrogens with one attached hydrogen (secondary N) is 1. The number of para-hydroxylation sites is 1. The van der Waals surface area contributed by atoms with Crippen LogP contribution in [0.3, 0.4) is 0 Å². The van der Waals surface area contributed by atoms with Crippen molar-refractivity contribution in [2.24, 2.45) is 0 Å². The number of amides is 1. The molecule has 0 spiro atoms. The Kier molecular flexibility index (Phi) is 5.69. The van der Waals surface area contributed by atoms with E-state index in [2.05, 4.69) is 4.98 Å². The summed E-state index contributed by atoms with van der Waals surface area (Å²) in [5.41, 5.74) is 0.983. The summed E-state index contributed by atoms with van der Waals surface area (Å²) >= 11 is 0. The molecule has 1 aliphatic rings. The zero-order valence-electron chi connectivity index (χ0n) is 19.0. The molecule has 180 valence electrons. The Labute approximate surface area is 204 Å². The van der Waals surface area contributed by atoms with Crippen molar-refractivity contribution >= 4 is 28.3 Å². The van der Waals surface area contributed by atoms with Gasteiger partial charge in [-0.1, -0.05) is 12.1 Å². The third-order valence-electron chi connectivity index (χ3n) is 6.03. The summed E-state index contributed by atoms with van der Waals surface area (Å²) < 4.78 is 11.1. The largest absolute Gasteiger partial charge is 0.868 e. The third kappa shape index (κ3) is 3.84. The molecule has 0 fully saturated rings. The fourth-order valence-electron chi connectivity index (χ4n) is 4.33. The number of H-pyrrole nitrogens is 1. The number of carbonyl (C=O) groups is 2. The Morgan fingerprint density at radius 3 is 2.61 bits per heavy atom. The van der Waals surface area contributed by atoms with E-state index in [4.69, 9.17) is 9.15 Å². The van der Waals surface area contributed by atoms with Gasteiger partial charge in [0.2, 0.25) is 11.7 Å². The predicted molar refractivity (Wildman–Crippen MR) is 124 cm³/mol. The number of non-ortho nitro benzene ring substituents is 1. The number of benzene rings is 2. The normalized spacial score (nSPS) is 15.5. The number of hydrogen-bond donors (Lipinski definition) is 0. The molecule has 1 aliphatic heterocycles. The third-order valence-corrected chi connectivity index (χ3v) is 6.03. The van der Waals surface area contributed by atoms with Gasteiger partial charge in [0.15, 0.2) is 29.5 Å². The van der Waals surface area contributed by atoms with Crippen molar-refractivity contribution in [2.75, 3.05) is 7.11 Å². The Bertz CT molecular complexity index is 1520. The lowest BCUT2D eigenvalue weighted by Crippen LogP contribution is -2.32. The second-order valence-corrected chi connectivity index (χ2v) is 8.16. The number of furan rings is 1. The number of nitrogens with zero attached hydrogens (tertiary/aromatic N) is 2. The van der Waals surface area contributed by atoms with Crippen LogP contribution in [-0.2, 0) is 11.3 Å². The van der Waals surface area contributed by atoms with Gasteiger partial charge in [-0.15, -0.1) is 0 Å². The highest BCUT2D eigenvalue weighted by atomic mass is 16.6. The van der Waals surface area contributed by atoms with E-state index < -0.39 is 28.4 Å². The van der Waals surface area contributed by atoms with Gasteiger partial charge in [0.05, 0.1) is 24.6 Å². The van der Waals surface area contributed by atoms with Crippen molar-refractivity contribution in [3.63, 3.8) is 0 Å². The molecule has 1 atom stereocenters. The summed E-state index contributed by atoms with van der Waals surface area (Å²) in [4.78, 5) is 41.6. The molecule has 0 radical (unpaired) electrons. The second kappa shape index (κ2) is 8.99. The lowest BCUT2D eigenvalue weighted by molar-refractivity contribution is -0.384. The van der Waals surface area contributed by atoms with Crippen LogP contribution in [0, 0.1) is 10.1 Å². The molecule has 10 heteroatoms. The first-order valence-corrected chi connectivity index (χ1v) is 10.9. The van der Waals surface area contributed by atoms with Crippen molar-refractivity contribution in [1.29, 1.82) is 0 Å². The van der Waals surface area contributed by atoms with Gasteiger partial charge in [0.25, 0.3) is 5.69 Å². The summed E-state index contributed by atoms with van der Waals surface area (Å²) in [6, 6.07) is 14.5. The highest BCUT2D eigenvalue weighted by Gasteiger charge is 2.40. The van der Waals surface area contributed by atoms with Crippen LogP contribution in [0.15, 0.2) is 88.8 Å². The zero-order valence-corrected chi connectivity index (χ0v) is 19.0. The summed E-state index contributed by atoms with van der Waals surface area (Å²) in [6.45, 7) is 0.0360. The number of ketones is 1. The minimum absolute atomic E-state index is 0.0360. The first kappa shape index (κ1) is 22.8. The lowest BCUT2D eigenvalue weighted by atomic mass is 9.94. The van der Waals surface area contributed by atoms with E-state index >= 15 is 0 Å². The van der Waals surface area contributed by atoms with Crippen molar-refractivity contribution < 1.29 is 33.8 Å². The fraction of sp³-hybridized carbons (Fsp3) is 0.115. The van der Waals surface area contributed by atoms with Crippen LogP contribution in [0.2, 0.25) is 0 Å². The number of fused-ring (bicyclic) bond motifs is 1. The van der Waals surface area contributed by atoms with Crippen molar-refractivity contribution in [3.8, 4) is 5.75 Å². The van der Waals surface area contributed by atoms with Crippen LogP contribution in [0.4, 0.5) is 5.69 Å². The maximum atomic E-state index is 13.6. The van der Waals surface area contributed by atoms with Crippen molar-refractivity contribution in [1.82, 2.24) is 4.90 Å². The molecule has 0 saturated heterocycles. The SMILES string of the molecule is COc1cccc2cc(C(=O)C3=C([O-])C(=O)N(Cc4ccc[nH+]c4)C3c3ccc([N+](=O)[O-])cc3)oc12. The molecule has 1 N–H and O–H groups in total. The van der Waals surface area contributed by atoms with E-state index in [9.17, 15) is 24.8 Å². The molecule has 36 heavy (non-hydrogen) atoms. The Hall–Kier alpha value is -4.99. The number of nitro groups is 1. The van der Waals surface area contributed by atoms with Crippen LogP contribution in [0.25, 0.3) is 11.0 Å². The molecule has 2 aromatic heterocycles. The van der Waals surface area contributed by atoms with Gasteiger partial charge in [0.1, 0.15) is 0 Å². The average Bonchev–Trinajstić information content (AvgIpc) is 3.44. The summed E-state index contributed by atoms with van der Waals surface area (Å²) in [7, 11) is 1.47. The number of Topliss-reactive ketones (excluding diaryl/α,β-unsaturated/α-hetero) is 1. The highest BCUT2D eigenvalue weighted by molar-refractivity contribution is 6.15. The topological polar surface area (TPSA) is 140 Å². The molecule has 2 aromatic carbocycles. The molecule has 0 aliphatic carbocycles. The zero-order chi connectivity index (χ0) is 25.4. The van der Waals surface area contributed by atoms with Crippen LogP contribution >= 0.6 is 0 Å². The van der Waals surface area contributed by atoms with E-state index in [1.165, 1.54) is 42.3 Å². The fourth-order valence-corrected chi connectivity index (χ4v) is 4.33. The maximum Gasteiger partial charge on any atom is 0.269 e. The molecule has 5 rings (SSSR count). The van der Waals surface area contributed by atoms with Crippen LogP contribution in [0.1, 0.15) is 27.7 Å². The first-order valence-electron chi connectivity index (χ1n) is 10.9. The number of carbonyl (C=O) groups excluding carboxylic acids is 2. The van der Waals surface area contributed by atoms with Crippen LogP contribution < -0.4 is 14.8 Å². The maximum absolute atomic E-state index is 13.6. The molecule has 0 saturated carbocycles. The van der Waals surface area contributed by atoms with Gasteiger partial charge in [-0.05, 0) is 41.7 Å². The van der Waals surface area contributed by atoms with Gasteiger partial charge < -0.3 is 19.2 Å². The van der Waals surface area contributed by atoms with E-state index in [1.54, 1.807) is 42.7 Å². The molecule has 1 unspecified atom stereocenters. The summed E-state index contributed by atoms with van der Waals surface area (Å²) in [5, 5.41) is 24.9. The summed E-state index contributed by atoms with van der Waals surface area (Å²) in [6.07, 6.45) is 3.38. The number of hydrogen-bond acceptors (Lipinski definition) is 7. The smallest absolute Gasteiger partial charge is 0.269 e. The molecule has 4 aromatic rings. The predicted octanol–water partition coefficient (Wildman–Crippen LogP) is 2.74. The number of aromatic amines is 1. The summed E-state index contributed by atoms with van der Waals surface area (Å²) in [5.74, 6) is -2.24. The molecule has 1 amide bonds. The molecule has 0 bridgehead atoms. The van der Waals surface area contributed by atoms with Gasteiger partial charge >= 0.3 is 0 Å². The Balaban J connectivity index is 1.61. The Morgan fingerprint density at radius 2 is 1.94 bits per heavy atom. The van der Waals surface area contributed by atoms with E-state index in [1.807, 2.05) is 0 Å². The van der Waals surface area contributed by atoms with Crippen molar-refractivity contribution in [3.05, 3.63) is 111 Å². The lowest BCUT2D eigenvalue weighted by Gasteiger charge is -2.27. The molecular weight excluding hydrogens is 466 g/mol. The van der Waals surface area contributed by atoms with E-state index in [-0.39, 0.29) is 23.6 Å². The van der Waals surface area contributed by atoms with Gasteiger partial charge in [-0.3, -0.25) is 19.7 Å². The standard InChI is InChI=1S/C26H19N3O7/c1-35-19-6-2-5-17-12-20(36-25(17)19)23(30)21-22(16-7-9-18(10-8-16)29(33)34)28(26(32)24(21)31)14-15-4-3-11-27-13-15/h2-13,22,31H,14H2,1H3. The number of pyridine rings is 1. The van der Waals surface area contributed by atoms with Crippen LogP contribution in [0.5, 0.6) is 5.75 Å². The first-order chi connectivity index (χ1) is 17.4. The number of nitro benzene ring substituents is 1. The van der Waals surface area contributed by atoms with Gasteiger partial charge in [0, 0.05) is 34.7 Å². The number of methoxy groups -OCH3 is 1. The van der Waals surface area contributed by atoms with E-state index in [0.717, 1.165) is 0 Å².